The van der Waals surface area contributed by atoms with Crippen LogP contribution in [-0.2, 0) is 4.79 Å². The Morgan fingerprint density at radius 2 is 1.88 bits per heavy atom. The zero-order valence-corrected chi connectivity index (χ0v) is 20.7. The van der Waals surface area contributed by atoms with Crippen LogP contribution < -0.4 is 10.1 Å². The highest BCUT2D eigenvalue weighted by molar-refractivity contribution is 9.10. The average molecular weight is 569 g/mol. The van der Waals surface area contributed by atoms with Crippen molar-refractivity contribution in [1.82, 2.24) is 14.5 Å². The molecule has 0 spiro atoms. The van der Waals surface area contributed by atoms with E-state index in [1.807, 2.05) is 36.6 Å². The van der Waals surface area contributed by atoms with Gasteiger partial charge in [-0.25, -0.2) is 9.97 Å². The summed E-state index contributed by atoms with van der Waals surface area (Å²) in [5.74, 6) is -0.494. The zero-order chi connectivity index (χ0) is 24.3. The first-order chi connectivity index (χ1) is 16.2. The van der Waals surface area contributed by atoms with Crippen LogP contribution in [0.4, 0.5) is 18.3 Å². The van der Waals surface area contributed by atoms with Gasteiger partial charge in [0.2, 0.25) is 5.91 Å². The third kappa shape index (κ3) is 6.19. The Morgan fingerprint density at radius 1 is 1.18 bits per heavy atom. The van der Waals surface area contributed by atoms with E-state index in [2.05, 4.69) is 36.0 Å². The largest absolute Gasteiger partial charge is 0.573 e. The second kappa shape index (κ2) is 10.2. The molecule has 1 N–H and O–H groups in total. The van der Waals surface area contributed by atoms with Gasteiger partial charge in [0.05, 0.1) is 23.3 Å². The van der Waals surface area contributed by atoms with Crippen LogP contribution in [0.2, 0.25) is 0 Å². The van der Waals surface area contributed by atoms with Gasteiger partial charge in [-0.2, -0.15) is 0 Å². The lowest BCUT2D eigenvalue weighted by Crippen LogP contribution is -2.17. The lowest BCUT2D eigenvalue weighted by atomic mass is 10.1. The number of aromatic nitrogens is 3. The number of carbonyl (C=O) groups is 1. The number of aryl methyl sites for hydroxylation is 1. The van der Waals surface area contributed by atoms with E-state index in [1.165, 1.54) is 47.4 Å². The number of nitrogens with zero attached hydrogens (tertiary/aromatic N) is 3. The van der Waals surface area contributed by atoms with Crippen molar-refractivity contribution in [1.29, 1.82) is 0 Å². The van der Waals surface area contributed by atoms with Crippen molar-refractivity contribution < 1.29 is 22.7 Å². The van der Waals surface area contributed by atoms with E-state index in [1.54, 1.807) is 10.8 Å². The van der Waals surface area contributed by atoms with Crippen molar-refractivity contribution in [2.45, 2.75) is 18.4 Å². The zero-order valence-electron chi connectivity index (χ0n) is 17.5. The Kier molecular flexibility index (Phi) is 7.29. The SMILES string of the molecule is Cc1csc(NC(=O)CSc2ncc(-c3ccc(Br)cc3)n2-c2ccc(OC(F)(F)F)cc2)n1. The molecule has 1 amide bonds. The molecule has 176 valence electrons. The molecule has 0 aliphatic heterocycles. The summed E-state index contributed by atoms with van der Waals surface area (Å²) in [5.41, 5.74) is 2.96. The molecule has 0 aliphatic rings. The summed E-state index contributed by atoms with van der Waals surface area (Å²) in [5, 5.41) is 5.61. The fourth-order valence-corrected chi connectivity index (χ4v) is 4.77. The van der Waals surface area contributed by atoms with E-state index < -0.39 is 6.36 Å². The van der Waals surface area contributed by atoms with Crippen LogP contribution in [0.15, 0.2) is 69.7 Å². The van der Waals surface area contributed by atoms with Crippen LogP contribution in [-0.4, -0.2) is 32.6 Å². The number of hydrogen-bond acceptors (Lipinski definition) is 6. The van der Waals surface area contributed by atoms with Gasteiger partial charge in [0.15, 0.2) is 10.3 Å². The van der Waals surface area contributed by atoms with Gasteiger partial charge in [-0.3, -0.25) is 9.36 Å². The van der Waals surface area contributed by atoms with Gasteiger partial charge in [-0.1, -0.05) is 39.8 Å². The van der Waals surface area contributed by atoms with E-state index in [4.69, 9.17) is 0 Å². The van der Waals surface area contributed by atoms with Crippen molar-refractivity contribution in [3.05, 3.63) is 70.3 Å². The topological polar surface area (TPSA) is 69.0 Å². The molecular formula is C22H16BrF3N4O2S2. The summed E-state index contributed by atoms with van der Waals surface area (Å²) >= 11 is 5.95. The summed E-state index contributed by atoms with van der Waals surface area (Å²) in [4.78, 5) is 21.1. The Morgan fingerprint density at radius 3 is 2.50 bits per heavy atom. The quantitative estimate of drug-likeness (QED) is 0.251. The maximum Gasteiger partial charge on any atom is 0.573 e. The number of halogens is 4. The van der Waals surface area contributed by atoms with Crippen molar-refractivity contribution in [3.63, 3.8) is 0 Å². The fraction of sp³-hybridized carbons (Fsp3) is 0.136. The molecule has 4 aromatic rings. The predicted octanol–water partition coefficient (Wildman–Crippen LogP) is 6.70. The van der Waals surface area contributed by atoms with Gasteiger partial charge in [-0.05, 0) is 43.3 Å². The highest BCUT2D eigenvalue weighted by Crippen LogP contribution is 2.32. The standard InChI is InChI=1S/C22H16BrF3N4O2S2/c1-13-11-33-20(28-13)29-19(31)12-34-21-27-10-18(14-2-4-15(23)5-3-14)30(21)16-6-8-17(9-7-16)32-22(24,25)26/h2-11H,12H2,1H3,(H,28,29,31). The third-order valence-electron chi connectivity index (χ3n) is 4.40. The first kappa shape index (κ1) is 24.3. The number of hydrogen-bond donors (Lipinski definition) is 1. The average Bonchev–Trinajstić information content (AvgIpc) is 3.38. The van der Waals surface area contributed by atoms with Gasteiger partial charge < -0.3 is 10.1 Å². The van der Waals surface area contributed by atoms with Crippen molar-refractivity contribution in [3.8, 4) is 22.7 Å². The van der Waals surface area contributed by atoms with Gasteiger partial charge in [0.1, 0.15) is 5.75 Å². The van der Waals surface area contributed by atoms with Gasteiger partial charge >= 0.3 is 6.36 Å². The lowest BCUT2D eigenvalue weighted by Gasteiger charge is -2.14. The minimum atomic E-state index is -4.77. The number of thioether (sulfide) groups is 1. The summed E-state index contributed by atoms with van der Waals surface area (Å²) in [6, 6.07) is 13.0. The van der Waals surface area contributed by atoms with Crippen LogP contribution in [0, 0.1) is 6.92 Å². The maximum atomic E-state index is 12.5. The van der Waals surface area contributed by atoms with E-state index >= 15 is 0 Å². The smallest absolute Gasteiger partial charge is 0.406 e. The van der Waals surface area contributed by atoms with E-state index in [0.717, 1.165) is 21.4 Å². The molecular weight excluding hydrogens is 553 g/mol. The molecule has 12 heteroatoms. The molecule has 2 aromatic carbocycles. The molecule has 6 nitrogen and oxygen atoms in total. The fourth-order valence-electron chi connectivity index (χ4n) is 3.00. The molecule has 0 aliphatic carbocycles. The van der Waals surface area contributed by atoms with Crippen LogP contribution in [0.3, 0.4) is 0 Å². The number of rotatable bonds is 7. The number of benzene rings is 2. The maximum absolute atomic E-state index is 12.5. The molecule has 34 heavy (non-hydrogen) atoms. The molecule has 4 rings (SSSR count). The number of thiazole rings is 1. The molecule has 0 saturated heterocycles. The minimum absolute atomic E-state index is 0.0741. The van der Waals surface area contributed by atoms with Crippen molar-refractivity contribution in [2.75, 3.05) is 11.1 Å². The lowest BCUT2D eigenvalue weighted by molar-refractivity contribution is -0.274. The highest BCUT2D eigenvalue weighted by Gasteiger charge is 2.31. The Bertz CT molecular complexity index is 1290. The molecule has 0 fully saturated rings. The van der Waals surface area contributed by atoms with E-state index in [9.17, 15) is 18.0 Å². The first-order valence-corrected chi connectivity index (χ1v) is 12.4. The molecule has 0 atom stereocenters. The van der Waals surface area contributed by atoms with Crippen LogP contribution in [0.5, 0.6) is 5.75 Å². The highest BCUT2D eigenvalue weighted by atomic mass is 79.9. The monoisotopic (exact) mass is 568 g/mol. The number of carbonyl (C=O) groups excluding carboxylic acids is 1. The van der Waals surface area contributed by atoms with Gasteiger partial charge in [0.25, 0.3) is 0 Å². The molecule has 0 bridgehead atoms. The Balaban J connectivity index is 1.61. The number of ether oxygens (including phenoxy) is 1. The van der Waals surface area contributed by atoms with Crippen LogP contribution in [0.1, 0.15) is 5.69 Å². The summed E-state index contributed by atoms with van der Waals surface area (Å²) < 4.78 is 44.3. The van der Waals surface area contributed by atoms with Gasteiger partial charge in [0, 0.05) is 21.1 Å². The van der Waals surface area contributed by atoms with E-state index in [-0.39, 0.29) is 17.4 Å². The van der Waals surface area contributed by atoms with Gasteiger partial charge in [-0.15, -0.1) is 24.5 Å². The van der Waals surface area contributed by atoms with E-state index in [0.29, 0.717) is 16.0 Å². The Hall–Kier alpha value is -2.83. The normalized spacial score (nSPS) is 11.4. The number of imidazole rings is 1. The Labute approximate surface area is 209 Å². The van der Waals surface area contributed by atoms with Crippen LogP contribution >= 0.6 is 39.0 Å². The predicted molar refractivity (Wildman–Crippen MR) is 130 cm³/mol. The first-order valence-electron chi connectivity index (χ1n) is 9.72. The summed E-state index contributed by atoms with van der Waals surface area (Å²) in [6.07, 6.45) is -3.11. The second-order valence-corrected chi connectivity index (χ2v) is 9.66. The summed E-state index contributed by atoms with van der Waals surface area (Å²) in [6.45, 7) is 1.84. The third-order valence-corrected chi connectivity index (χ3v) is 6.75. The van der Waals surface area contributed by atoms with Crippen molar-refractivity contribution in [2.24, 2.45) is 0 Å². The van der Waals surface area contributed by atoms with Crippen LogP contribution in [0.25, 0.3) is 16.9 Å². The number of amides is 1. The number of anilines is 1. The summed E-state index contributed by atoms with van der Waals surface area (Å²) in [7, 11) is 0. The molecule has 2 heterocycles. The molecule has 2 aromatic heterocycles. The second-order valence-electron chi connectivity index (χ2n) is 6.94. The molecule has 0 radical (unpaired) electrons. The number of nitrogens with one attached hydrogen (secondary N) is 1. The minimum Gasteiger partial charge on any atom is -0.406 e. The molecule has 0 unspecified atom stereocenters. The molecule has 0 saturated carbocycles. The van der Waals surface area contributed by atoms with Crippen molar-refractivity contribution >= 4 is 50.1 Å². The number of alkyl halides is 3.